The van der Waals surface area contributed by atoms with Gasteiger partial charge >= 0.3 is 5.97 Å². The third-order valence-electron chi connectivity index (χ3n) is 2.78. The molecule has 0 spiro atoms. The summed E-state index contributed by atoms with van der Waals surface area (Å²) in [7, 11) is 0. The molecular weight excluding hydrogens is 367 g/mol. The maximum absolute atomic E-state index is 12.7. The number of carboxylic acids is 1. The number of amidine groups is 1. The smallest absolute Gasteiger partial charge is 0.335 e. The molecule has 1 aromatic rings. The fourth-order valence-electron chi connectivity index (χ4n) is 1.79. The molecule has 120 valence electrons. The van der Waals surface area contributed by atoms with Crippen LogP contribution in [0.15, 0.2) is 63.9 Å². The standard InChI is InChI=1S/C16H14BrFN2O3/c1-10(18)8-13(17)6-3-7-14-19-15(20-23-14)11-4-2-5-12(9-11)16(21)22/h2-9,14H,1H3,(H,19,20)(H,21,22)/b7-3+,10-8+,13-6+. The minimum Gasteiger partial charge on any atom is -0.478 e. The van der Waals surface area contributed by atoms with Crippen LogP contribution < -0.4 is 5.48 Å². The summed E-state index contributed by atoms with van der Waals surface area (Å²) < 4.78 is 13.3. The fraction of sp³-hybridized carbons (Fsp3) is 0.125. The number of halogens is 2. The van der Waals surface area contributed by atoms with E-state index < -0.39 is 12.2 Å². The van der Waals surface area contributed by atoms with Crippen molar-refractivity contribution in [1.29, 1.82) is 0 Å². The van der Waals surface area contributed by atoms with Crippen LogP contribution in [0.5, 0.6) is 0 Å². The van der Waals surface area contributed by atoms with Crippen molar-refractivity contribution in [3.63, 3.8) is 0 Å². The second kappa shape index (κ2) is 7.85. The number of carbonyl (C=O) groups is 1. The molecule has 1 aromatic carbocycles. The molecule has 1 heterocycles. The first-order chi connectivity index (χ1) is 11.0. The van der Waals surface area contributed by atoms with Crippen LogP contribution in [-0.4, -0.2) is 23.1 Å². The van der Waals surface area contributed by atoms with Gasteiger partial charge in [-0.25, -0.2) is 24.5 Å². The molecule has 0 fully saturated rings. The van der Waals surface area contributed by atoms with Gasteiger partial charge in [0.1, 0.15) is 0 Å². The highest BCUT2D eigenvalue weighted by atomic mass is 79.9. The fourth-order valence-corrected chi connectivity index (χ4v) is 2.26. The largest absolute Gasteiger partial charge is 0.478 e. The van der Waals surface area contributed by atoms with Gasteiger partial charge < -0.3 is 5.11 Å². The summed E-state index contributed by atoms with van der Waals surface area (Å²) in [6.07, 6.45) is 5.79. The Bertz CT molecular complexity index is 722. The number of carboxylic acid groups (broad SMARTS) is 1. The average Bonchev–Trinajstić information content (AvgIpc) is 2.95. The third kappa shape index (κ3) is 5.15. The second-order valence-electron chi connectivity index (χ2n) is 4.64. The SMILES string of the molecule is C\C(F)=C/C(Br)=C\C=C\C1N=C(c2cccc(C(=O)O)c2)NO1. The van der Waals surface area contributed by atoms with Gasteiger partial charge in [0.2, 0.25) is 0 Å². The molecule has 7 heteroatoms. The Morgan fingerprint density at radius 3 is 3.00 bits per heavy atom. The monoisotopic (exact) mass is 380 g/mol. The van der Waals surface area contributed by atoms with Crippen LogP contribution in [0.4, 0.5) is 4.39 Å². The summed E-state index contributed by atoms with van der Waals surface area (Å²) in [6, 6.07) is 6.38. The number of nitrogens with zero attached hydrogens (tertiary/aromatic N) is 1. The van der Waals surface area contributed by atoms with E-state index in [4.69, 9.17) is 9.94 Å². The molecule has 23 heavy (non-hydrogen) atoms. The molecular formula is C16H14BrFN2O3. The van der Waals surface area contributed by atoms with Crippen LogP contribution in [0.3, 0.4) is 0 Å². The molecule has 2 rings (SSSR count). The van der Waals surface area contributed by atoms with Gasteiger partial charge in [0.15, 0.2) is 12.1 Å². The number of benzene rings is 1. The van der Waals surface area contributed by atoms with Gasteiger partial charge in [-0.15, -0.1) is 0 Å². The van der Waals surface area contributed by atoms with Gasteiger partial charge in [-0.1, -0.05) is 34.1 Å². The van der Waals surface area contributed by atoms with E-state index in [0.29, 0.717) is 15.9 Å². The zero-order valence-corrected chi connectivity index (χ0v) is 13.7. The number of hydrogen-bond acceptors (Lipinski definition) is 4. The quantitative estimate of drug-likeness (QED) is 0.764. The normalized spacial score (nSPS) is 18.9. The molecule has 1 aliphatic heterocycles. The highest BCUT2D eigenvalue weighted by Crippen LogP contribution is 2.13. The van der Waals surface area contributed by atoms with Crippen LogP contribution in [0.25, 0.3) is 0 Å². The summed E-state index contributed by atoms with van der Waals surface area (Å²) in [5.41, 5.74) is 3.45. The molecule has 0 amide bonds. The Labute approximate surface area is 141 Å². The Hall–Kier alpha value is -2.25. The summed E-state index contributed by atoms with van der Waals surface area (Å²) in [5.74, 6) is -0.863. The van der Waals surface area contributed by atoms with Crippen molar-refractivity contribution in [2.75, 3.05) is 0 Å². The lowest BCUT2D eigenvalue weighted by Crippen LogP contribution is -2.19. The highest BCUT2D eigenvalue weighted by Gasteiger charge is 2.17. The number of hydrogen-bond donors (Lipinski definition) is 2. The van der Waals surface area contributed by atoms with Crippen molar-refractivity contribution in [2.24, 2.45) is 4.99 Å². The predicted molar refractivity (Wildman–Crippen MR) is 89.0 cm³/mol. The van der Waals surface area contributed by atoms with Crippen molar-refractivity contribution in [1.82, 2.24) is 5.48 Å². The van der Waals surface area contributed by atoms with Crippen LogP contribution in [0.2, 0.25) is 0 Å². The molecule has 1 aliphatic rings. The van der Waals surface area contributed by atoms with Gasteiger partial charge in [-0.05, 0) is 37.3 Å². The molecule has 2 N–H and O–H groups in total. The van der Waals surface area contributed by atoms with Crippen molar-refractivity contribution < 1.29 is 19.1 Å². The van der Waals surface area contributed by atoms with Crippen molar-refractivity contribution >= 4 is 27.7 Å². The van der Waals surface area contributed by atoms with Crippen LogP contribution in [0.1, 0.15) is 22.8 Å². The van der Waals surface area contributed by atoms with Crippen LogP contribution in [0, 0.1) is 0 Å². The average molecular weight is 381 g/mol. The van der Waals surface area contributed by atoms with E-state index in [0.717, 1.165) is 0 Å². The minimum absolute atomic E-state index is 0.172. The van der Waals surface area contributed by atoms with E-state index >= 15 is 0 Å². The number of allylic oxidation sites excluding steroid dienone is 5. The van der Waals surface area contributed by atoms with Crippen LogP contribution in [-0.2, 0) is 4.84 Å². The third-order valence-corrected chi connectivity index (χ3v) is 3.28. The van der Waals surface area contributed by atoms with Gasteiger partial charge in [-0.2, -0.15) is 0 Å². The molecule has 0 radical (unpaired) electrons. The first-order valence-corrected chi connectivity index (χ1v) is 7.46. The predicted octanol–water partition coefficient (Wildman–Crippen LogP) is 3.70. The first-order valence-electron chi connectivity index (χ1n) is 6.66. The lowest BCUT2D eigenvalue weighted by atomic mass is 10.1. The summed E-state index contributed by atoms with van der Waals surface area (Å²) in [4.78, 5) is 20.5. The Morgan fingerprint density at radius 2 is 2.30 bits per heavy atom. The zero-order chi connectivity index (χ0) is 16.8. The number of rotatable bonds is 5. The van der Waals surface area contributed by atoms with E-state index in [2.05, 4.69) is 26.4 Å². The maximum Gasteiger partial charge on any atom is 0.335 e. The number of nitrogens with one attached hydrogen (secondary N) is 1. The van der Waals surface area contributed by atoms with E-state index in [9.17, 15) is 9.18 Å². The number of aliphatic imine (C=N–C) groups is 1. The second-order valence-corrected chi connectivity index (χ2v) is 5.56. The molecule has 1 atom stereocenters. The van der Waals surface area contributed by atoms with Crippen LogP contribution >= 0.6 is 15.9 Å². The van der Waals surface area contributed by atoms with Crippen molar-refractivity contribution in [3.05, 3.63) is 70.0 Å². The molecule has 0 bridgehead atoms. The van der Waals surface area contributed by atoms with E-state index in [1.807, 2.05) is 0 Å². The Balaban J connectivity index is 2.08. The summed E-state index contributed by atoms with van der Waals surface area (Å²) >= 11 is 3.20. The minimum atomic E-state index is -1.01. The number of aromatic carboxylic acids is 1. The van der Waals surface area contributed by atoms with Gasteiger partial charge in [0.25, 0.3) is 0 Å². The Kier molecular flexibility index (Phi) is 5.84. The molecule has 1 unspecified atom stereocenters. The maximum atomic E-state index is 12.7. The van der Waals surface area contributed by atoms with E-state index in [1.165, 1.54) is 25.1 Å². The molecule has 0 aromatic heterocycles. The molecule has 0 saturated carbocycles. The summed E-state index contributed by atoms with van der Waals surface area (Å²) in [5, 5.41) is 8.99. The van der Waals surface area contributed by atoms with Gasteiger partial charge in [0.05, 0.1) is 11.4 Å². The van der Waals surface area contributed by atoms with Crippen molar-refractivity contribution in [3.8, 4) is 0 Å². The zero-order valence-electron chi connectivity index (χ0n) is 12.2. The topological polar surface area (TPSA) is 70.9 Å². The first kappa shape index (κ1) is 17.1. The molecule has 5 nitrogen and oxygen atoms in total. The Morgan fingerprint density at radius 1 is 1.52 bits per heavy atom. The lowest BCUT2D eigenvalue weighted by Gasteiger charge is -2.01. The van der Waals surface area contributed by atoms with Gasteiger partial charge in [0, 0.05) is 10.0 Å². The summed E-state index contributed by atoms with van der Waals surface area (Å²) in [6.45, 7) is 1.35. The molecule has 0 saturated heterocycles. The molecule has 0 aliphatic carbocycles. The van der Waals surface area contributed by atoms with Gasteiger partial charge in [-0.3, -0.25) is 0 Å². The highest BCUT2D eigenvalue weighted by molar-refractivity contribution is 9.11. The van der Waals surface area contributed by atoms with Crippen molar-refractivity contribution in [2.45, 2.75) is 13.2 Å². The number of hydroxylamine groups is 1. The lowest BCUT2D eigenvalue weighted by molar-refractivity contribution is 0.0676. The van der Waals surface area contributed by atoms with E-state index in [1.54, 1.807) is 30.4 Å². The van der Waals surface area contributed by atoms with E-state index in [-0.39, 0.29) is 11.4 Å².